The number of amides is 1. The molecule has 0 saturated heterocycles. The second-order valence-electron chi connectivity index (χ2n) is 4.18. The summed E-state index contributed by atoms with van der Waals surface area (Å²) in [5, 5.41) is 11.7. The van der Waals surface area contributed by atoms with Crippen LogP contribution in [0.15, 0.2) is 0 Å². The SMILES string of the molecule is CCC(CO)CNC(=O)C(C)(C)CCl. The van der Waals surface area contributed by atoms with Gasteiger partial charge >= 0.3 is 0 Å². The van der Waals surface area contributed by atoms with Gasteiger partial charge in [-0.25, -0.2) is 0 Å². The standard InChI is InChI=1S/C10H20ClNO2/c1-4-8(6-13)5-12-9(14)10(2,3)7-11/h8,13H,4-7H2,1-3H3,(H,12,14). The lowest BCUT2D eigenvalue weighted by atomic mass is 9.95. The number of carbonyl (C=O) groups is 1. The fraction of sp³-hybridized carbons (Fsp3) is 0.900. The molecule has 4 heteroatoms. The van der Waals surface area contributed by atoms with Gasteiger partial charge in [0.25, 0.3) is 0 Å². The van der Waals surface area contributed by atoms with Crippen molar-refractivity contribution < 1.29 is 9.90 Å². The Morgan fingerprint density at radius 1 is 1.57 bits per heavy atom. The van der Waals surface area contributed by atoms with Crippen molar-refractivity contribution in [2.45, 2.75) is 27.2 Å². The highest BCUT2D eigenvalue weighted by Gasteiger charge is 2.26. The second-order valence-corrected chi connectivity index (χ2v) is 4.45. The Hall–Kier alpha value is -0.280. The van der Waals surface area contributed by atoms with Crippen LogP contribution in [0.5, 0.6) is 0 Å². The van der Waals surface area contributed by atoms with Crippen molar-refractivity contribution in [3.63, 3.8) is 0 Å². The average Bonchev–Trinajstić information content (AvgIpc) is 2.19. The normalized spacial score (nSPS) is 13.8. The molecule has 0 aliphatic carbocycles. The van der Waals surface area contributed by atoms with E-state index in [9.17, 15) is 4.79 Å². The van der Waals surface area contributed by atoms with Gasteiger partial charge in [0.1, 0.15) is 0 Å². The zero-order chi connectivity index (χ0) is 11.2. The Morgan fingerprint density at radius 3 is 2.50 bits per heavy atom. The second kappa shape index (κ2) is 6.25. The number of halogens is 1. The first-order chi connectivity index (χ1) is 6.47. The monoisotopic (exact) mass is 221 g/mol. The van der Waals surface area contributed by atoms with Gasteiger partial charge in [0.15, 0.2) is 0 Å². The van der Waals surface area contributed by atoms with Crippen LogP contribution < -0.4 is 5.32 Å². The maximum Gasteiger partial charge on any atom is 0.226 e. The third-order valence-corrected chi connectivity index (χ3v) is 3.00. The van der Waals surface area contributed by atoms with Gasteiger partial charge in [-0.2, -0.15) is 0 Å². The molecule has 14 heavy (non-hydrogen) atoms. The number of alkyl halides is 1. The third kappa shape index (κ3) is 4.29. The number of nitrogens with one attached hydrogen (secondary N) is 1. The van der Waals surface area contributed by atoms with Gasteiger partial charge in [0.2, 0.25) is 5.91 Å². The fourth-order valence-corrected chi connectivity index (χ4v) is 0.996. The zero-order valence-corrected chi connectivity index (χ0v) is 9.90. The predicted molar refractivity (Wildman–Crippen MR) is 58.4 cm³/mol. The summed E-state index contributed by atoms with van der Waals surface area (Å²) in [6.45, 7) is 6.22. The van der Waals surface area contributed by atoms with Crippen molar-refractivity contribution in [2.24, 2.45) is 11.3 Å². The van der Waals surface area contributed by atoms with Crippen molar-refractivity contribution in [2.75, 3.05) is 19.0 Å². The van der Waals surface area contributed by atoms with Crippen LogP contribution in [0.2, 0.25) is 0 Å². The molecule has 0 rings (SSSR count). The quantitative estimate of drug-likeness (QED) is 0.666. The molecule has 84 valence electrons. The lowest BCUT2D eigenvalue weighted by molar-refractivity contribution is -0.128. The van der Waals surface area contributed by atoms with Gasteiger partial charge < -0.3 is 10.4 Å². The maximum absolute atomic E-state index is 11.6. The first-order valence-electron chi connectivity index (χ1n) is 4.93. The highest BCUT2D eigenvalue weighted by atomic mass is 35.5. The van der Waals surface area contributed by atoms with E-state index in [2.05, 4.69) is 5.32 Å². The molecule has 2 N–H and O–H groups in total. The summed E-state index contributed by atoms with van der Waals surface area (Å²) in [7, 11) is 0. The molecule has 0 bridgehead atoms. The van der Waals surface area contributed by atoms with Crippen LogP contribution in [0.4, 0.5) is 0 Å². The van der Waals surface area contributed by atoms with Crippen LogP contribution in [0.25, 0.3) is 0 Å². The van der Waals surface area contributed by atoms with E-state index in [1.165, 1.54) is 0 Å². The van der Waals surface area contributed by atoms with Gasteiger partial charge in [0, 0.05) is 19.0 Å². The van der Waals surface area contributed by atoms with Crippen LogP contribution in [0.3, 0.4) is 0 Å². The van der Waals surface area contributed by atoms with Crippen molar-refractivity contribution in [3.8, 4) is 0 Å². The Kier molecular flexibility index (Phi) is 6.12. The molecule has 0 radical (unpaired) electrons. The molecule has 0 aromatic rings. The van der Waals surface area contributed by atoms with E-state index < -0.39 is 5.41 Å². The number of carbonyl (C=O) groups excluding carboxylic acids is 1. The summed E-state index contributed by atoms with van der Waals surface area (Å²) in [5.41, 5.74) is -0.532. The van der Waals surface area contributed by atoms with E-state index in [0.717, 1.165) is 6.42 Å². The molecule has 0 aliphatic heterocycles. The molecule has 1 unspecified atom stereocenters. The summed E-state index contributed by atoms with van der Waals surface area (Å²) < 4.78 is 0. The molecule has 0 saturated carbocycles. The third-order valence-electron chi connectivity index (χ3n) is 2.34. The zero-order valence-electron chi connectivity index (χ0n) is 9.14. The van der Waals surface area contributed by atoms with Gasteiger partial charge in [-0.1, -0.05) is 6.92 Å². The lowest BCUT2D eigenvalue weighted by Crippen LogP contribution is -2.40. The van der Waals surface area contributed by atoms with Crippen molar-refractivity contribution in [1.29, 1.82) is 0 Å². The lowest BCUT2D eigenvalue weighted by Gasteiger charge is -2.22. The number of hydrogen-bond donors (Lipinski definition) is 2. The smallest absolute Gasteiger partial charge is 0.226 e. The summed E-state index contributed by atoms with van der Waals surface area (Å²) in [6.07, 6.45) is 0.859. The van der Waals surface area contributed by atoms with Gasteiger partial charge in [-0.15, -0.1) is 11.6 Å². The molecule has 0 aromatic carbocycles. The number of aliphatic hydroxyl groups is 1. The maximum atomic E-state index is 11.6. The minimum absolute atomic E-state index is 0.0561. The van der Waals surface area contributed by atoms with E-state index in [1.807, 2.05) is 6.92 Å². The molecule has 0 fully saturated rings. The van der Waals surface area contributed by atoms with E-state index in [1.54, 1.807) is 13.8 Å². The Bertz CT molecular complexity index is 179. The summed E-state index contributed by atoms with van der Waals surface area (Å²) in [6, 6.07) is 0. The predicted octanol–water partition coefficient (Wildman–Crippen LogP) is 1.39. The van der Waals surface area contributed by atoms with Crippen molar-refractivity contribution in [1.82, 2.24) is 5.32 Å². The number of rotatable bonds is 6. The topological polar surface area (TPSA) is 49.3 Å². The van der Waals surface area contributed by atoms with Crippen LogP contribution in [-0.4, -0.2) is 30.0 Å². The highest BCUT2D eigenvalue weighted by Crippen LogP contribution is 2.16. The largest absolute Gasteiger partial charge is 0.396 e. The molecule has 0 heterocycles. The summed E-state index contributed by atoms with van der Waals surface area (Å²) in [4.78, 5) is 11.6. The Labute approximate surface area is 90.8 Å². The van der Waals surface area contributed by atoms with Crippen molar-refractivity contribution in [3.05, 3.63) is 0 Å². The van der Waals surface area contributed by atoms with E-state index in [-0.39, 0.29) is 18.4 Å². The average molecular weight is 222 g/mol. The minimum Gasteiger partial charge on any atom is -0.396 e. The molecule has 0 aromatic heterocycles. The van der Waals surface area contributed by atoms with Gasteiger partial charge in [0.05, 0.1) is 5.41 Å². The molecule has 1 atom stereocenters. The van der Waals surface area contributed by atoms with Crippen molar-refractivity contribution >= 4 is 17.5 Å². The van der Waals surface area contributed by atoms with E-state index in [4.69, 9.17) is 16.7 Å². The first kappa shape index (κ1) is 13.7. The molecular formula is C10H20ClNO2. The van der Waals surface area contributed by atoms with Crippen LogP contribution in [0, 0.1) is 11.3 Å². The Morgan fingerprint density at radius 2 is 2.14 bits per heavy atom. The van der Waals surface area contributed by atoms with E-state index in [0.29, 0.717) is 12.4 Å². The van der Waals surface area contributed by atoms with E-state index >= 15 is 0 Å². The van der Waals surface area contributed by atoms with Gasteiger partial charge in [-0.05, 0) is 26.2 Å². The molecule has 3 nitrogen and oxygen atoms in total. The highest BCUT2D eigenvalue weighted by molar-refractivity contribution is 6.19. The molecule has 0 aliphatic rings. The number of aliphatic hydroxyl groups excluding tert-OH is 1. The summed E-state index contributed by atoms with van der Waals surface area (Å²) in [5.74, 6) is 0.388. The first-order valence-corrected chi connectivity index (χ1v) is 5.46. The Balaban J connectivity index is 3.95. The van der Waals surface area contributed by atoms with Crippen LogP contribution in [0.1, 0.15) is 27.2 Å². The fourth-order valence-electron chi connectivity index (χ4n) is 0.875. The molecule has 0 spiro atoms. The van der Waals surface area contributed by atoms with Gasteiger partial charge in [-0.3, -0.25) is 4.79 Å². The number of hydrogen-bond acceptors (Lipinski definition) is 2. The van der Waals surface area contributed by atoms with Crippen LogP contribution >= 0.6 is 11.6 Å². The summed E-state index contributed by atoms with van der Waals surface area (Å²) >= 11 is 5.66. The van der Waals surface area contributed by atoms with Crippen LogP contribution in [-0.2, 0) is 4.79 Å². The minimum atomic E-state index is -0.532. The molecule has 1 amide bonds. The molecular weight excluding hydrogens is 202 g/mol.